The minimum atomic E-state index is -1.18. The Morgan fingerprint density at radius 1 is 1.15 bits per heavy atom. The Labute approximate surface area is 150 Å². The molecular formula is C18H20N4O4. The predicted molar refractivity (Wildman–Crippen MR) is 96.2 cm³/mol. The van der Waals surface area contributed by atoms with Crippen molar-refractivity contribution in [2.45, 2.75) is 12.6 Å². The van der Waals surface area contributed by atoms with Crippen LogP contribution in [-0.2, 0) is 11.4 Å². The Morgan fingerprint density at radius 2 is 1.85 bits per heavy atom. The maximum absolute atomic E-state index is 12.1. The fourth-order valence-electron chi connectivity index (χ4n) is 2.09. The third-order valence-electron chi connectivity index (χ3n) is 3.56. The SMILES string of the molecule is N=C(N)c1ccc(OCc2cccc(C(=O)NCC(N)C(=O)O)c2)cc1. The summed E-state index contributed by atoms with van der Waals surface area (Å²) in [4.78, 5) is 22.7. The van der Waals surface area contributed by atoms with Gasteiger partial charge in [0.05, 0.1) is 0 Å². The summed E-state index contributed by atoms with van der Waals surface area (Å²) in [5, 5.41) is 18.6. The topological polar surface area (TPSA) is 152 Å². The van der Waals surface area contributed by atoms with Gasteiger partial charge in [-0.15, -0.1) is 0 Å². The quantitative estimate of drug-likeness (QED) is 0.347. The molecule has 0 aromatic heterocycles. The standard InChI is InChI=1S/C18H20N4O4/c19-15(18(24)25)9-22-17(23)13-3-1-2-11(8-13)10-26-14-6-4-12(5-7-14)16(20)21/h1-8,15H,9-10,19H2,(H3,20,21)(H,22,23)(H,24,25). The summed E-state index contributed by atoms with van der Waals surface area (Å²) in [5.41, 5.74) is 12.5. The maximum Gasteiger partial charge on any atom is 0.322 e. The monoisotopic (exact) mass is 356 g/mol. The lowest BCUT2D eigenvalue weighted by Crippen LogP contribution is -2.42. The molecule has 136 valence electrons. The smallest absolute Gasteiger partial charge is 0.322 e. The zero-order chi connectivity index (χ0) is 19.1. The van der Waals surface area contributed by atoms with Crippen molar-refractivity contribution in [1.82, 2.24) is 5.32 Å². The van der Waals surface area contributed by atoms with Crippen molar-refractivity contribution in [3.05, 3.63) is 65.2 Å². The van der Waals surface area contributed by atoms with Crippen molar-refractivity contribution in [2.75, 3.05) is 6.54 Å². The van der Waals surface area contributed by atoms with Crippen molar-refractivity contribution in [3.63, 3.8) is 0 Å². The van der Waals surface area contributed by atoms with Crippen LogP contribution in [0.1, 0.15) is 21.5 Å². The zero-order valence-electron chi connectivity index (χ0n) is 13.9. The molecule has 0 aliphatic heterocycles. The van der Waals surface area contributed by atoms with Gasteiger partial charge in [0.2, 0.25) is 0 Å². The van der Waals surface area contributed by atoms with Gasteiger partial charge in [0.25, 0.3) is 5.91 Å². The van der Waals surface area contributed by atoms with Gasteiger partial charge in [-0.1, -0.05) is 12.1 Å². The first-order chi connectivity index (χ1) is 12.4. The minimum absolute atomic E-state index is 0.0159. The Bertz CT molecular complexity index is 805. The van der Waals surface area contributed by atoms with E-state index in [1.165, 1.54) is 0 Å². The average molecular weight is 356 g/mol. The summed E-state index contributed by atoms with van der Waals surface area (Å²) in [5.74, 6) is -0.993. The molecule has 2 aromatic carbocycles. The molecule has 0 aliphatic rings. The number of carbonyl (C=O) groups excluding carboxylic acids is 1. The molecule has 1 atom stereocenters. The second-order valence-corrected chi connectivity index (χ2v) is 5.58. The minimum Gasteiger partial charge on any atom is -0.489 e. The number of nitrogens with two attached hydrogens (primary N) is 2. The number of benzene rings is 2. The molecule has 2 rings (SSSR count). The van der Waals surface area contributed by atoms with Gasteiger partial charge in [0.1, 0.15) is 24.2 Å². The van der Waals surface area contributed by atoms with Gasteiger partial charge >= 0.3 is 5.97 Å². The molecule has 7 N–H and O–H groups in total. The molecule has 2 aromatic rings. The van der Waals surface area contributed by atoms with Crippen LogP contribution in [0.25, 0.3) is 0 Å². The van der Waals surface area contributed by atoms with Gasteiger partial charge in [-0.3, -0.25) is 15.0 Å². The highest BCUT2D eigenvalue weighted by Crippen LogP contribution is 2.15. The number of hydrogen-bond acceptors (Lipinski definition) is 5. The van der Waals surface area contributed by atoms with Crippen LogP contribution in [0.4, 0.5) is 0 Å². The van der Waals surface area contributed by atoms with Crippen molar-refractivity contribution >= 4 is 17.7 Å². The summed E-state index contributed by atoms with van der Waals surface area (Å²) >= 11 is 0. The van der Waals surface area contributed by atoms with Crippen molar-refractivity contribution in [1.29, 1.82) is 5.41 Å². The highest BCUT2D eigenvalue weighted by atomic mass is 16.5. The van der Waals surface area contributed by atoms with E-state index in [9.17, 15) is 9.59 Å². The number of hydrogen-bond donors (Lipinski definition) is 5. The molecule has 0 saturated carbocycles. The van der Waals surface area contributed by atoms with E-state index in [2.05, 4.69) is 5.32 Å². The molecule has 8 heteroatoms. The molecule has 1 unspecified atom stereocenters. The van der Waals surface area contributed by atoms with Gasteiger partial charge in [0, 0.05) is 17.7 Å². The Morgan fingerprint density at radius 3 is 2.46 bits per heavy atom. The van der Waals surface area contributed by atoms with Gasteiger partial charge in [-0.25, -0.2) is 0 Å². The zero-order valence-corrected chi connectivity index (χ0v) is 13.9. The van der Waals surface area contributed by atoms with E-state index in [-0.39, 0.29) is 19.0 Å². The summed E-state index contributed by atoms with van der Waals surface area (Å²) in [6.07, 6.45) is 0. The molecule has 0 heterocycles. The maximum atomic E-state index is 12.1. The van der Waals surface area contributed by atoms with Crippen LogP contribution >= 0.6 is 0 Å². The van der Waals surface area contributed by atoms with Crippen LogP contribution in [-0.4, -0.2) is 35.4 Å². The number of carboxylic acid groups (broad SMARTS) is 1. The highest BCUT2D eigenvalue weighted by molar-refractivity contribution is 5.95. The van der Waals surface area contributed by atoms with E-state index in [0.29, 0.717) is 16.9 Å². The van der Waals surface area contributed by atoms with Gasteiger partial charge < -0.3 is 26.6 Å². The van der Waals surface area contributed by atoms with Crippen LogP contribution in [0.2, 0.25) is 0 Å². The molecule has 26 heavy (non-hydrogen) atoms. The van der Waals surface area contributed by atoms with E-state index in [1.807, 2.05) is 6.07 Å². The highest BCUT2D eigenvalue weighted by Gasteiger charge is 2.13. The number of amidine groups is 1. The summed E-state index contributed by atoms with van der Waals surface area (Å²) in [7, 11) is 0. The lowest BCUT2D eigenvalue weighted by molar-refractivity contribution is -0.138. The number of nitrogens with one attached hydrogen (secondary N) is 2. The second kappa shape index (κ2) is 8.63. The largest absolute Gasteiger partial charge is 0.489 e. The molecule has 0 saturated heterocycles. The number of carboxylic acids is 1. The molecule has 0 fully saturated rings. The lowest BCUT2D eigenvalue weighted by Gasteiger charge is -2.10. The predicted octanol–water partition coefficient (Wildman–Crippen LogP) is 0.691. The first-order valence-electron chi connectivity index (χ1n) is 7.79. The van der Waals surface area contributed by atoms with Crippen molar-refractivity contribution < 1.29 is 19.4 Å². The first kappa shape index (κ1) is 18.9. The number of ether oxygens (including phenoxy) is 1. The second-order valence-electron chi connectivity index (χ2n) is 5.58. The van der Waals surface area contributed by atoms with Gasteiger partial charge in [-0.2, -0.15) is 0 Å². The third-order valence-corrected chi connectivity index (χ3v) is 3.56. The van der Waals surface area contributed by atoms with E-state index in [1.54, 1.807) is 42.5 Å². The lowest BCUT2D eigenvalue weighted by atomic mass is 10.1. The van der Waals surface area contributed by atoms with E-state index in [0.717, 1.165) is 5.56 Å². The Hall–Kier alpha value is -3.39. The van der Waals surface area contributed by atoms with Crippen molar-refractivity contribution in [3.8, 4) is 5.75 Å². The molecule has 0 aliphatic carbocycles. The average Bonchev–Trinajstić information content (AvgIpc) is 2.64. The normalized spacial score (nSPS) is 11.4. The Kier molecular flexibility index (Phi) is 6.29. The molecule has 0 bridgehead atoms. The molecule has 0 radical (unpaired) electrons. The van der Waals surface area contributed by atoms with Gasteiger partial charge in [-0.05, 0) is 42.0 Å². The summed E-state index contributed by atoms with van der Waals surface area (Å²) < 4.78 is 5.65. The summed E-state index contributed by atoms with van der Waals surface area (Å²) in [6.45, 7) is 0.0899. The fourth-order valence-corrected chi connectivity index (χ4v) is 2.09. The van der Waals surface area contributed by atoms with Crippen LogP contribution in [0.3, 0.4) is 0 Å². The molecule has 1 amide bonds. The first-order valence-corrected chi connectivity index (χ1v) is 7.79. The van der Waals surface area contributed by atoms with Crippen LogP contribution in [0.15, 0.2) is 48.5 Å². The Balaban J connectivity index is 1.94. The number of amides is 1. The number of rotatable bonds is 8. The molecule has 8 nitrogen and oxygen atoms in total. The van der Waals surface area contributed by atoms with Gasteiger partial charge in [0.15, 0.2) is 0 Å². The van der Waals surface area contributed by atoms with Crippen LogP contribution in [0, 0.1) is 5.41 Å². The van der Waals surface area contributed by atoms with E-state index in [4.69, 9.17) is 26.7 Å². The molecular weight excluding hydrogens is 336 g/mol. The summed E-state index contributed by atoms with van der Waals surface area (Å²) in [6, 6.07) is 12.4. The van der Waals surface area contributed by atoms with Crippen LogP contribution < -0.4 is 21.5 Å². The number of nitrogen functional groups attached to an aromatic ring is 1. The van der Waals surface area contributed by atoms with Crippen LogP contribution in [0.5, 0.6) is 5.75 Å². The van der Waals surface area contributed by atoms with Crippen molar-refractivity contribution in [2.24, 2.45) is 11.5 Å². The number of aliphatic carboxylic acids is 1. The molecule has 0 spiro atoms. The third kappa shape index (κ3) is 5.32. The fraction of sp³-hybridized carbons (Fsp3) is 0.167. The van der Waals surface area contributed by atoms with E-state index < -0.39 is 17.9 Å². The number of carbonyl (C=O) groups is 2. The van der Waals surface area contributed by atoms with E-state index >= 15 is 0 Å².